The lowest BCUT2D eigenvalue weighted by Crippen LogP contribution is -2.43. The zero-order chi connectivity index (χ0) is 32.5. The number of carbonyl (C=O) groups excluding carboxylic acids is 3. The molecule has 3 saturated carbocycles. The molecule has 3 aliphatic carbocycles. The van der Waals surface area contributed by atoms with Crippen LogP contribution in [0.15, 0.2) is 18.2 Å². The summed E-state index contributed by atoms with van der Waals surface area (Å²) in [6.07, 6.45) is 16.1. The molecule has 1 aromatic carbocycles. The number of hydrogen-bond donors (Lipinski definition) is 3. The summed E-state index contributed by atoms with van der Waals surface area (Å²) in [6.45, 7) is 13.7. The van der Waals surface area contributed by atoms with Crippen LogP contribution in [0.2, 0.25) is 0 Å². The lowest BCUT2D eigenvalue weighted by Gasteiger charge is -2.31. The van der Waals surface area contributed by atoms with Crippen molar-refractivity contribution in [2.24, 2.45) is 35.5 Å². The number of nitrogens with one attached hydrogen (secondary N) is 3. The van der Waals surface area contributed by atoms with Gasteiger partial charge in [0.15, 0.2) is 0 Å². The Balaban J connectivity index is 1.47. The Morgan fingerprint density at radius 1 is 0.511 bits per heavy atom. The van der Waals surface area contributed by atoms with Gasteiger partial charge in [0.05, 0.1) is 16.7 Å². The zero-order valence-corrected chi connectivity index (χ0v) is 29.3. The first-order chi connectivity index (χ1) is 21.5. The van der Waals surface area contributed by atoms with Crippen LogP contribution >= 0.6 is 0 Å². The van der Waals surface area contributed by atoms with Gasteiger partial charge in [-0.05, 0) is 144 Å². The molecule has 252 valence electrons. The number of carbonyl (C=O) groups is 3. The molecule has 4 rings (SSSR count). The standard InChI is InChI=1S/C39H63N3O3/c1-25(2)22-28-10-16-31(17-11-28)40-37(43)34-8-7-9-35(38(44)41-32-18-12-29(13-19-32)23-26(3)4)36(34)39(45)42-33-20-14-30(15-21-33)24-27(5)6/h7-9,25-33H,10-24H2,1-6H3,(H,40,43)(H,41,44)(H,42,45). The van der Waals surface area contributed by atoms with Crippen LogP contribution in [0.25, 0.3) is 0 Å². The van der Waals surface area contributed by atoms with Crippen molar-refractivity contribution < 1.29 is 14.4 Å². The van der Waals surface area contributed by atoms with Crippen LogP contribution in [-0.4, -0.2) is 35.8 Å². The van der Waals surface area contributed by atoms with Gasteiger partial charge in [-0.3, -0.25) is 14.4 Å². The molecule has 3 N–H and O–H groups in total. The van der Waals surface area contributed by atoms with Crippen molar-refractivity contribution in [2.75, 3.05) is 0 Å². The summed E-state index contributed by atoms with van der Waals surface area (Å²) in [4.78, 5) is 41.6. The van der Waals surface area contributed by atoms with E-state index in [9.17, 15) is 14.4 Å². The average Bonchev–Trinajstić information content (AvgIpc) is 2.99. The monoisotopic (exact) mass is 621 g/mol. The molecule has 0 atom stereocenters. The van der Waals surface area contributed by atoms with Gasteiger partial charge in [-0.15, -0.1) is 0 Å². The Morgan fingerprint density at radius 3 is 1.09 bits per heavy atom. The SMILES string of the molecule is CC(C)CC1CCC(NC(=O)c2cccc(C(=O)NC3CCC(CC(C)C)CC3)c2C(=O)NC2CCC(CC(C)C)CC2)CC1. The fourth-order valence-electron chi connectivity index (χ4n) is 8.59. The highest BCUT2D eigenvalue weighted by molar-refractivity contribution is 6.14. The molecule has 0 heterocycles. The molecule has 0 aliphatic heterocycles. The average molecular weight is 622 g/mol. The van der Waals surface area contributed by atoms with E-state index in [0.717, 1.165) is 88.9 Å². The number of rotatable bonds is 12. The van der Waals surface area contributed by atoms with Gasteiger partial charge in [0.1, 0.15) is 0 Å². The Morgan fingerprint density at radius 2 is 0.800 bits per heavy atom. The van der Waals surface area contributed by atoms with E-state index >= 15 is 0 Å². The Kier molecular flexibility index (Phi) is 13.4. The summed E-state index contributed by atoms with van der Waals surface area (Å²) in [5.41, 5.74) is 0.871. The summed E-state index contributed by atoms with van der Waals surface area (Å²) in [5, 5.41) is 9.75. The smallest absolute Gasteiger partial charge is 0.253 e. The third-order valence-corrected chi connectivity index (χ3v) is 10.7. The highest BCUT2D eigenvalue weighted by Crippen LogP contribution is 2.32. The maximum absolute atomic E-state index is 14.0. The van der Waals surface area contributed by atoms with Gasteiger partial charge in [0.25, 0.3) is 17.7 Å². The quantitative estimate of drug-likeness (QED) is 0.218. The molecule has 3 aliphatic rings. The minimum absolute atomic E-state index is 0.0698. The highest BCUT2D eigenvalue weighted by atomic mass is 16.2. The Labute approximate surface area is 274 Å². The maximum Gasteiger partial charge on any atom is 0.253 e. The first-order valence-electron chi connectivity index (χ1n) is 18.5. The topological polar surface area (TPSA) is 87.3 Å². The van der Waals surface area contributed by atoms with Crippen molar-refractivity contribution in [1.82, 2.24) is 16.0 Å². The van der Waals surface area contributed by atoms with E-state index in [-0.39, 0.29) is 41.4 Å². The normalized spacial score (nSPS) is 27.4. The molecule has 3 fully saturated rings. The van der Waals surface area contributed by atoms with Gasteiger partial charge in [-0.1, -0.05) is 47.6 Å². The minimum atomic E-state index is -0.292. The number of hydrogen-bond acceptors (Lipinski definition) is 3. The molecule has 0 aromatic heterocycles. The minimum Gasteiger partial charge on any atom is -0.349 e. The third-order valence-electron chi connectivity index (χ3n) is 10.7. The van der Waals surface area contributed by atoms with Crippen molar-refractivity contribution >= 4 is 17.7 Å². The Bertz CT molecular complexity index is 1040. The van der Waals surface area contributed by atoms with Crippen molar-refractivity contribution in [3.05, 3.63) is 34.9 Å². The van der Waals surface area contributed by atoms with E-state index in [0.29, 0.717) is 34.8 Å². The lowest BCUT2D eigenvalue weighted by atomic mass is 9.81. The zero-order valence-electron chi connectivity index (χ0n) is 29.3. The summed E-state index contributed by atoms with van der Waals surface area (Å²) >= 11 is 0. The molecular weight excluding hydrogens is 558 g/mol. The van der Waals surface area contributed by atoms with Crippen LogP contribution in [0, 0.1) is 35.5 Å². The largest absolute Gasteiger partial charge is 0.349 e. The molecule has 0 unspecified atom stereocenters. The molecule has 1 aromatic rings. The molecule has 0 bridgehead atoms. The predicted molar refractivity (Wildman–Crippen MR) is 184 cm³/mol. The van der Waals surface area contributed by atoms with E-state index < -0.39 is 0 Å². The first kappa shape index (κ1) is 35.5. The van der Waals surface area contributed by atoms with Crippen LogP contribution in [0.1, 0.15) is 169 Å². The van der Waals surface area contributed by atoms with Crippen LogP contribution < -0.4 is 16.0 Å². The van der Waals surface area contributed by atoms with Gasteiger partial charge >= 0.3 is 0 Å². The maximum atomic E-state index is 14.0. The van der Waals surface area contributed by atoms with Gasteiger partial charge in [0, 0.05) is 18.1 Å². The van der Waals surface area contributed by atoms with Crippen LogP contribution in [0.5, 0.6) is 0 Å². The first-order valence-corrected chi connectivity index (χ1v) is 18.5. The van der Waals surface area contributed by atoms with Crippen molar-refractivity contribution in [3.8, 4) is 0 Å². The molecule has 6 heteroatoms. The van der Waals surface area contributed by atoms with Crippen LogP contribution in [0.3, 0.4) is 0 Å². The lowest BCUT2D eigenvalue weighted by molar-refractivity contribution is 0.0871. The number of amides is 3. The second kappa shape index (κ2) is 17.0. The van der Waals surface area contributed by atoms with Gasteiger partial charge in [-0.25, -0.2) is 0 Å². The molecule has 0 radical (unpaired) electrons. The molecule has 6 nitrogen and oxygen atoms in total. The van der Waals surface area contributed by atoms with Gasteiger partial charge < -0.3 is 16.0 Å². The fraction of sp³-hybridized carbons (Fsp3) is 0.769. The summed E-state index contributed by atoms with van der Waals surface area (Å²) in [6, 6.07) is 5.49. The summed E-state index contributed by atoms with van der Waals surface area (Å²) in [7, 11) is 0. The fourth-order valence-corrected chi connectivity index (χ4v) is 8.59. The van der Waals surface area contributed by atoms with E-state index in [1.807, 2.05) is 0 Å². The highest BCUT2D eigenvalue weighted by Gasteiger charge is 2.31. The molecular formula is C39H63N3O3. The summed E-state index contributed by atoms with van der Waals surface area (Å²) in [5.74, 6) is 3.46. The molecule has 45 heavy (non-hydrogen) atoms. The second-order valence-corrected chi connectivity index (χ2v) is 16.2. The van der Waals surface area contributed by atoms with Crippen LogP contribution in [0.4, 0.5) is 0 Å². The van der Waals surface area contributed by atoms with Crippen molar-refractivity contribution in [2.45, 2.75) is 156 Å². The van der Waals surface area contributed by atoms with Gasteiger partial charge in [0.2, 0.25) is 0 Å². The van der Waals surface area contributed by atoms with Gasteiger partial charge in [-0.2, -0.15) is 0 Å². The third kappa shape index (κ3) is 10.8. The predicted octanol–water partition coefficient (Wildman–Crippen LogP) is 8.69. The molecule has 0 spiro atoms. The summed E-state index contributed by atoms with van der Waals surface area (Å²) < 4.78 is 0. The van der Waals surface area contributed by atoms with Crippen molar-refractivity contribution in [1.29, 1.82) is 0 Å². The Hall–Kier alpha value is -2.37. The molecule has 0 saturated heterocycles. The van der Waals surface area contributed by atoms with E-state index in [2.05, 4.69) is 57.5 Å². The number of benzene rings is 1. The van der Waals surface area contributed by atoms with E-state index in [4.69, 9.17) is 0 Å². The van der Waals surface area contributed by atoms with Crippen LogP contribution in [-0.2, 0) is 0 Å². The van der Waals surface area contributed by atoms with E-state index in [1.165, 1.54) is 19.3 Å². The van der Waals surface area contributed by atoms with E-state index in [1.54, 1.807) is 18.2 Å². The second-order valence-electron chi connectivity index (χ2n) is 16.2. The molecule has 3 amide bonds. The van der Waals surface area contributed by atoms with Crippen molar-refractivity contribution in [3.63, 3.8) is 0 Å².